The monoisotopic (exact) mass is 699 g/mol. The van der Waals surface area contributed by atoms with E-state index < -0.39 is 73.8 Å². The molecule has 266 valence electrons. The van der Waals surface area contributed by atoms with Gasteiger partial charge in [-0.25, -0.2) is 13.2 Å². The molecule has 0 spiro atoms. The molecule has 0 bridgehead atoms. The zero-order valence-electron chi connectivity index (χ0n) is 28.3. The van der Waals surface area contributed by atoms with Crippen molar-refractivity contribution in [2.75, 3.05) is 6.54 Å². The SMILES string of the molecule is CC(C)(C)OC(=O)N[C@H]1CCCCC/C=C\[C@@H]2C[C@@]2(C(=O)NS(=O)(=O)C2(C)CC2)NC(=O)[C@@H]2C[C@@H](Oc3nc4ccccc4o3)CN2C1=O. The molecule has 0 unspecified atom stereocenters. The van der Waals surface area contributed by atoms with Crippen LogP contribution in [0.2, 0.25) is 0 Å². The number of oxazole rings is 1. The number of rotatable bonds is 6. The average Bonchev–Trinajstić information content (AvgIpc) is 3.82. The molecular formula is C34H45N5O9S. The van der Waals surface area contributed by atoms with Gasteiger partial charge in [0.2, 0.25) is 21.8 Å². The number of amides is 4. The van der Waals surface area contributed by atoms with Crippen LogP contribution in [-0.4, -0.2) is 82.7 Å². The molecule has 5 atom stereocenters. The number of benzene rings is 1. The fourth-order valence-corrected chi connectivity index (χ4v) is 7.75. The van der Waals surface area contributed by atoms with Crippen molar-refractivity contribution in [3.63, 3.8) is 0 Å². The lowest BCUT2D eigenvalue weighted by molar-refractivity contribution is -0.141. The number of alkyl carbamates (subject to hydrolysis) is 1. The minimum Gasteiger partial charge on any atom is -0.445 e. The average molecular weight is 700 g/mol. The Kier molecular flexibility index (Phi) is 9.18. The number of hydrogen-bond acceptors (Lipinski definition) is 10. The molecule has 4 amide bonds. The third kappa shape index (κ3) is 7.55. The zero-order chi connectivity index (χ0) is 35.2. The number of aromatic nitrogens is 1. The highest BCUT2D eigenvalue weighted by Crippen LogP contribution is 2.47. The number of para-hydroxylation sites is 2. The number of ether oxygens (including phenoxy) is 2. The first kappa shape index (κ1) is 34.7. The van der Waals surface area contributed by atoms with Crippen LogP contribution in [0, 0.1) is 5.92 Å². The Hall–Kier alpha value is -4.14. The van der Waals surface area contributed by atoms with Crippen molar-refractivity contribution in [1.29, 1.82) is 0 Å². The molecule has 49 heavy (non-hydrogen) atoms. The van der Waals surface area contributed by atoms with E-state index in [9.17, 15) is 27.6 Å². The first-order chi connectivity index (χ1) is 23.1. The summed E-state index contributed by atoms with van der Waals surface area (Å²) < 4.78 is 44.6. The summed E-state index contributed by atoms with van der Waals surface area (Å²) in [6.07, 6.45) is 6.62. The van der Waals surface area contributed by atoms with E-state index in [1.807, 2.05) is 18.2 Å². The number of nitrogens with one attached hydrogen (secondary N) is 3. The molecule has 3 heterocycles. The van der Waals surface area contributed by atoms with Gasteiger partial charge in [0.1, 0.15) is 34.8 Å². The highest BCUT2D eigenvalue weighted by Gasteiger charge is 2.63. The van der Waals surface area contributed by atoms with Gasteiger partial charge in [-0.3, -0.25) is 19.1 Å². The molecule has 14 nitrogen and oxygen atoms in total. The second-order valence-corrected chi connectivity index (χ2v) is 17.0. The summed E-state index contributed by atoms with van der Waals surface area (Å²) in [4.78, 5) is 60.7. The summed E-state index contributed by atoms with van der Waals surface area (Å²) in [5.41, 5.74) is -1.21. The fraction of sp³-hybridized carbons (Fsp3) is 0.618. The molecule has 4 aliphatic rings. The molecule has 2 aromatic rings. The number of hydrogen-bond donors (Lipinski definition) is 3. The highest BCUT2D eigenvalue weighted by atomic mass is 32.2. The first-order valence-corrected chi connectivity index (χ1v) is 18.5. The maximum Gasteiger partial charge on any atom is 0.408 e. The van der Waals surface area contributed by atoms with E-state index in [0.717, 1.165) is 12.8 Å². The van der Waals surface area contributed by atoms with E-state index in [0.29, 0.717) is 43.2 Å². The molecule has 2 aliphatic carbocycles. The van der Waals surface area contributed by atoms with Crippen LogP contribution in [0.25, 0.3) is 11.1 Å². The van der Waals surface area contributed by atoms with E-state index in [1.165, 1.54) is 4.90 Å². The predicted octanol–water partition coefficient (Wildman–Crippen LogP) is 3.46. The van der Waals surface area contributed by atoms with Crippen LogP contribution in [0.3, 0.4) is 0 Å². The van der Waals surface area contributed by atoms with Crippen molar-refractivity contribution in [2.45, 2.75) is 120 Å². The number of nitrogens with zero attached hydrogens (tertiary/aromatic N) is 2. The number of carbonyl (C=O) groups excluding carboxylic acids is 4. The summed E-state index contributed by atoms with van der Waals surface area (Å²) in [5, 5.41) is 5.56. The van der Waals surface area contributed by atoms with Crippen molar-refractivity contribution < 1.29 is 41.5 Å². The lowest BCUT2D eigenvalue weighted by atomic mass is 10.0. The van der Waals surface area contributed by atoms with Gasteiger partial charge < -0.3 is 29.4 Å². The van der Waals surface area contributed by atoms with E-state index in [2.05, 4.69) is 20.3 Å². The Balaban J connectivity index is 1.29. The van der Waals surface area contributed by atoms with Crippen LogP contribution in [0.5, 0.6) is 6.08 Å². The van der Waals surface area contributed by atoms with Gasteiger partial charge in [-0.1, -0.05) is 37.1 Å². The molecule has 15 heteroatoms. The highest BCUT2D eigenvalue weighted by molar-refractivity contribution is 7.91. The fourth-order valence-electron chi connectivity index (χ4n) is 6.44. The molecule has 6 rings (SSSR count). The molecular weight excluding hydrogens is 654 g/mol. The Morgan fingerprint density at radius 3 is 2.59 bits per heavy atom. The second kappa shape index (κ2) is 13.0. The number of carbonyl (C=O) groups is 4. The second-order valence-electron chi connectivity index (χ2n) is 14.9. The van der Waals surface area contributed by atoms with E-state index >= 15 is 0 Å². The summed E-state index contributed by atoms with van der Waals surface area (Å²) in [5.74, 6) is -2.36. The van der Waals surface area contributed by atoms with Crippen LogP contribution in [-0.2, 0) is 29.1 Å². The van der Waals surface area contributed by atoms with Gasteiger partial charge in [0.25, 0.3) is 5.91 Å². The van der Waals surface area contributed by atoms with Crippen LogP contribution in [0.15, 0.2) is 40.8 Å². The van der Waals surface area contributed by atoms with Crippen molar-refractivity contribution in [1.82, 2.24) is 25.2 Å². The van der Waals surface area contributed by atoms with Gasteiger partial charge in [-0.2, -0.15) is 4.98 Å². The van der Waals surface area contributed by atoms with Crippen molar-refractivity contribution in [2.24, 2.45) is 5.92 Å². The van der Waals surface area contributed by atoms with Crippen LogP contribution in [0.1, 0.15) is 85.5 Å². The van der Waals surface area contributed by atoms with Gasteiger partial charge in [0, 0.05) is 12.3 Å². The first-order valence-electron chi connectivity index (χ1n) is 17.0. The molecule has 2 aliphatic heterocycles. The number of fused-ring (bicyclic) bond motifs is 3. The minimum absolute atomic E-state index is 0.0211. The lowest BCUT2D eigenvalue weighted by Crippen LogP contribution is -2.58. The van der Waals surface area contributed by atoms with Gasteiger partial charge in [-0.15, -0.1) is 0 Å². The third-order valence-corrected chi connectivity index (χ3v) is 11.9. The Morgan fingerprint density at radius 1 is 1.12 bits per heavy atom. The van der Waals surface area contributed by atoms with Crippen LogP contribution < -0.4 is 20.1 Å². The van der Waals surface area contributed by atoms with E-state index in [1.54, 1.807) is 45.9 Å². The lowest BCUT2D eigenvalue weighted by Gasteiger charge is -2.30. The molecule has 3 N–H and O–H groups in total. The summed E-state index contributed by atoms with van der Waals surface area (Å²) in [6.45, 7) is 6.72. The van der Waals surface area contributed by atoms with Crippen molar-refractivity contribution >= 4 is 44.9 Å². The van der Waals surface area contributed by atoms with E-state index in [4.69, 9.17) is 13.9 Å². The van der Waals surface area contributed by atoms with Gasteiger partial charge in [0.15, 0.2) is 5.58 Å². The van der Waals surface area contributed by atoms with Gasteiger partial charge in [-0.05, 0) is 78.4 Å². The molecule has 2 saturated carbocycles. The largest absolute Gasteiger partial charge is 0.445 e. The summed E-state index contributed by atoms with van der Waals surface area (Å²) >= 11 is 0. The van der Waals surface area contributed by atoms with Crippen molar-refractivity contribution in [3.8, 4) is 6.08 Å². The van der Waals surface area contributed by atoms with Gasteiger partial charge in [0.05, 0.1) is 11.3 Å². The Bertz CT molecular complexity index is 1730. The van der Waals surface area contributed by atoms with Gasteiger partial charge >= 0.3 is 12.2 Å². The Morgan fingerprint density at radius 2 is 1.88 bits per heavy atom. The quantitative estimate of drug-likeness (QED) is 0.377. The number of sulfonamides is 1. The topological polar surface area (TPSA) is 186 Å². The maximum atomic E-state index is 14.3. The smallest absolute Gasteiger partial charge is 0.408 e. The molecule has 3 fully saturated rings. The number of allylic oxidation sites excluding steroid dienone is 1. The standard InChI is InChI=1S/C34H45N5O9S/c1-32(2,3)48-30(43)35-24-14-9-7-5-6-8-12-21-19-34(21,29(42)38-49(44,45)33(4)16-17-33)37-27(40)25-18-22(20-39(25)28(24)41)46-31-36-23-13-10-11-15-26(23)47-31/h8,10-13,15,21-22,24-25H,5-7,9,14,16-20H2,1-4H3,(H,35,43)(H,37,40)(H,38,42)/b12-8-/t21-,22-,24+,25+,34-/m1/s1. The minimum atomic E-state index is -3.97. The van der Waals surface area contributed by atoms with E-state index in [-0.39, 0.29) is 25.5 Å². The molecule has 1 aromatic carbocycles. The van der Waals surface area contributed by atoms with Crippen LogP contribution in [0.4, 0.5) is 4.79 Å². The molecule has 1 saturated heterocycles. The predicted molar refractivity (Wildman–Crippen MR) is 178 cm³/mol. The Labute approximate surface area is 285 Å². The van der Waals surface area contributed by atoms with Crippen LogP contribution >= 0.6 is 0 Å². The van der Waals surface area contributed by atoms with Crippen molar-refractivity contribution in [3.05, 3.63) is 36.4 Å². The maximum absolute atomic E-state index is 14.3. The molecule has 1 aromatic heterocycles. The third-order valence-electron chi connectivity index (χ3n) is 9.71. The zero-order valence-corrected chi connectivity index (χ0v) is 29.1. The molecule has 0 radical (unpaired) electrons. The normalized spacial score (nSPS) is 29.3. The summed E-state index contributed by atoms with van der Waals surface area (Å²) in [6, 6.07) is 5.01. The summed E-state index contributed by atoms with van der Waals surface area (Å²) in [7, 11) is -3.97.